The molecule has 1 aromatic carbocycles. The number of carbonyl (C=O) groups is 1. The molecule has 0 saturated carbocycles. The summed E-state index contributed by atoms with van der Waals surface area (Å²) in [5, 5.41) is 6.13. The molecule has 8 heteroatoms. The Labute approximate surface area is 143 Å². The van der Waals surface area contributed by atoms with Crippen LogP contribution in [-0.4, -0.2) is 38.9 Å². The Morgan fingerprint density at radius 3 is 3.24 bits per heavy atom. The summed E-state index contributed by atoms with van der Waals surface area (Å²) < 4.78 is 13.2. The number of carbonyl (C=O) groups excluding carboxylic acids is 1. The second-order valence-corrected chi connectivity index (χ2v) is 6.14. The van der Waals surface area contributed by atoms with Crippen LogP contribution in [0.5, 0.6) is 0 Å². The van der Waals surface area contributed by atoms with Crippen LogP contribution in [0.1, 0.15) is 29.7 Å². The fraction of sp³-hybridized carbons (Fsp3) is 0.353. The largest absolute Gasteiger partial charge is 0.354 e. The van der Waals surface area contributed by atoms with Crippen molar-refractivity contribution in [3.63, 3.8) is 0 Å². The number of aryl methyl sites for hydroxylation is 1. The average Bonchev–Trinajstić information content (AvgIpc) is 3.23. The highest BCUT2D eigenvalue weighted by molar-refractivity contribution is 5.83. The number of hydrogen-bond acceptors (Lipinski definition) is 4. The number of fused-ring (bicyclic) bond motifs is 2. The molecule has 130 valence electrons. The Hall–Kier alpha value is -2.74. The molecule has 0 radical (unpaired) electrons. The summed E-state index contributed by atoms with van der Waals surface area (Å²) in [4.78, 5) is 27.2. The second-order valence-electron chi connectivity index (χ2n) is 6.14. The van der Waals surface area contributed by atoms with Gasteiger partial charge in [0.25, 0.3) is 0 Å². The van der Waals surface area contributed by atoms with Crippen molar-refractivity contribution in [2.75, 3.05) is 13.1 Å². The molecule has 1 amide bonds. The van der Waals surface area contributed by atoms with Gasteiger partial charge < -0.3 is 20.6 Å². The van der Waals surface area contributed by atoms with Gasteiger partial charge in [0, 0.05) is 31.6 Å². The third-order valence-corrected chi connectivity index (χ3v) is 4.39. The molecule has 25 heavy (non-hydrogen) atoms. The van der Waals surface area contributed by atoms with E-state index in [0.717, 1.165) is 42.1 Å². The van der Waals surface area contributed by atoms with Gasteiger partial charge >= 0.3 is 0 Å². The third kappa shape index (κ3) is 3.25. The minimum Gasteiger partial charge on any atom is -0.354 e. The van der Waals surface area contributed by atoms with E-state index in [4.69, 9.17) is 0 Å². The summed E-state index contributed by atoms with van der Waals surface area (Å²) >= 11 is 0. The Kier molecular flexibility index (Phi) is 4.19. The SMILES string of the molecule is O=C(NCCCc1nc2ccc(F)cc2[nH]1)[C@@H]1NCCc2[nH]cnc21. The van der Waals surface area contributed by atoms with E-state index >= 15 is 0 Å². The number of benzene rings is 1. The van der Waals surface area contributed by atoms with E-state index in [1.165, 1.54) is 12.1 Å². The van der Waals surface area contributed by atoms with E-state index in [2.05, 4.69) is 30.6 Å². The van der Waals surface area contributed by atoms with Gasteiger partial charge in [0.15, 0.2) is 0 Å². The molecule has 3 heterocycles. The van der Waals surface area contributed by atoms with Crippen LogP contribution in [0.4, 0.5) is 4.39 Å². The van der Waals surface area contributed by atoms with Gasteiger partial charge in [0.1, 0.15) is 17.7 Å². The van der Waals surface area contributed by atoms with Crippen LogP contribution in [0, 0.1) is 5.82 Å². The number of nitrogens with zero attached hydrogens (tertiary/aromatic N) is 2. The van der Waals surface area contributed by atoms with Crippen molar-refractivity contribution in [3.05, 3.63) is 47.6 Å². The normalized spacial score (nSPS) is 16.8. The van der Waals surface area contributed by atoms with Gasteiger partial charge in [-0.1, -0.05) is 0 Å². The lowest BCUT2D eigenvalue weighted by Crippen LogP contribution is -2.41. The quantitative estimate of drug-likeness (QED) is 0.526. The summed E-state index contributed by atoms with van der Waals surface area (Å²) in [7, 11) is 0. The molecule has 3 aromatic rings. The van der Waals surface area contributed by atoms with Crippen LogP contribution in [0.2, 0.25) is 0 Å². The summed E-state index contributed by atoms with van der Waals surface area (Å²) in [6, 6.07) is 4.09. The Balaban J connectivity index is 1.30. The van der Waals surface area contributed by atoms with Gasteiger partial charge in [-0.15, -0.1) is 0 Å². The van der Waals surface area contributed by atoms with E-state index in [0.29, 0.717) is 18.5 Å². The van der Waals surface area contributed by atoms with E-state index < -0.39 is 6.04 Å². The van der Waals surface area contributed by atoms with Crippen molar-refractivity contribution in [2.24, 2.45) is 0 Å². The molecule has 0 bridgehead atoms. The van der Waals surface area contributed by atoms with Gasteiger partial charge in [-0.25, -0.2) is 14.4 Å². The number of imidazole rings is 2. The van der Waals surface area contributed by atoms with Gasteiger partial charge in [-0.2, -0.15) is 0 Å². The molecular weight excluding hydrogens is 323 g/mol. The van der Waals surface area contributed by atoms with Crippen LogP contribution in [0.25, 0.3) is 11.0 Å². The number of aromatic amines is 2. The first-order valence-corrected chi connectivity index (χ1v) is 8.38. The van der Waals surface area contributed by atoms with Crippen molar-refractivity contribution in [1.82, 2.24) is 30.6 Å². The fourth-order valence-corrected chi connectivity index (χ4v) is 3.16. The first-order valence-electron chi connectivity index (χ1n) is 8.38. The van der Waals surface area contributed by atoms with Gasteiger partial charge in [0.05, 0.1) is 23.1 Å². The van der Waals surface area contributed by atoms with E-state index in [1.54, 1.807) is 12.4 Å². The molecule has 1 aliphatic heterocycles. The smallest absolute Gasteiger partial charge is 0.243 e. The molecule has 0 saturated heterocycles. The highest BCUT2D eigenvalue weighted by atomic mass is 19.1. The zero-order chi connectivity index (χ0) is 17.2. The standard InChI is InChI=1S/C17H19FN6O/c18-10-3-4-11-13(8-10)24-14(23-11)2-1-6-20-17(25)16-15-12(5-7-19-16)21-9-22-15/h3-4,8-9,16,19H,1-2,5-7H2,(H,20,25)(H,21,22)(H,23,24)/t16-/m1/s1. The number of H-pyrrole nitrogens is 2. The fourth-order valence-electron chi connectivity index (χ4n) is 3.16. The lowest BCUT2D eigenvalue weighted by molar-refractivity contribution is -0.123. The van der Waals surface area contributed by atoms with Crippen LogP contribution in [0.3, 0.4) is 0 Å². The van der Waals surface area contributed by atoms with E-state index in [1.807, 2.05) is 0 Å². The lowest BCUT2D eigenvalue weighted by atomic mass is 10.1. The van der Waals surface area contributed by atoms with Crippen LogP contribution < -0.4 is 10.6 Å². The van der Waals surface area contributed by atoms with Gasteiger partial charge in [-0.3, -0.25) is 4.79 Å². The molecule has 4 N–H and O–H groups in total. The molecular formula is C17H19FN6O. The van der Waals surface area contributed by atoms with E-state index in [-0.39, 0.29) is 11.7 Å². The number of hydrogen-bond donors (Lipinski definition) is 4. The number of aromatic nitrogens is 4. The molecule has 2 aromatic heterocycles. The monoisotopic (exact) mass is 342 g/mol. The zero-order valence-electron chi connectivity index (χ0n) is 13.6. The maximum Gasteiger partial charge on any atom is 0.243 e. The van der Waals surface area contributed by atoms with Crippen LogP contribution in [0.15, 0.2) is 24.5 Å². The molecule has 0 fully saturated rings. The maximum atomic E-state index is 13.2. The highest BCUT2D eigenvalue weighted by Gasteiger charge is 2.27. The first-order chi connectivity index (χ1) is 12.2. The molecule has 0 unspecified atom stereocenters. The van der Waals surface area contributed by atoms with E-state index in [9.17, 15) is 9.18 Å². The van der Waals surface area contributed by atoms with Crippen molar-refractivity contribution >= 4 is 16.9 Å². The molecule has 7 nitrogen and oxygen atoms in total. The van der Waals surface area contributed by atoms with Crippen molar-refractivity contribution in [1.29, 1.82) is 0 Å². The van der Waals surface area contributed by atoms with Crippen LogP contribution in [-0.2, 0) is 17.6 Å². The predicted octanol–water partition coefficient (Wildman–Crippen LogP) is 1.36. The summed E-state index contributed by atoms with van der Waals surface area (Å²) in [5.41, 5.74) is 3.24. The highest BCUT2D eigenvalue weighted by Crippen LogP contribution is 2.19. The maximum absolute atomic E-state index is 13.2. The summed E-state index contributed by atoms with van der Waals surface area (Å²) in [5.74, 6) is 0.438. The van der Waals surface area contributed by atoms with Crippen LogP contribution >= 0.6 is 0 Å². The van der Waals surface area contributed by atoms with Crippen molar-refractivity contribution < 1.29 is 9.18 Å². The molecule has 0 spiro atoms. The summed E-state index contributed by atoms with van der Waals surface area (Å²) in [6.07, 6.45) is 3.91. The van der Waals surface area contributed by atoms with Gasteiger partial charge in [-0.05, 0) is 24.6 Å². The number of rotatable bonds is 5. The summed E-state index contributed by atoms with van der Waals surface area (Å²) in [6.45, 7) is 1.30. The lowest BCUT2D eigenvalue weighted by Gasteiger charge is -2.22. The van der Waals surface area contributed by atoms with Crippen molar-refractivity contribution in [3.8, 4) is 0 Å². The van der Waals surface area contributed by atoms with Crippen molar-refractivity contribution in [2.45, 2.75) is 25.3 Å². The molecule has 1 atom stereocenters. The topological polar surface area (TPSA) is 98.5 Å². The Morgan fingerprint density at radius 2 is 2.32 bits per heavy atom. The Morgan fingerprint density at radius 1 is 1.40 bits per heavy atom. The number of halogens is 1. The minimum absolute atomic E-state index is 0.0697. The Bertz CT molecular complexity index is 902. The van der Waals surface area contributed by atoms with Gasteiger partial charge in [0.2, 0.25) is 5.91 Å². The first kappa shape index (κ1) is 15.8. The number of amides is 1. The third-order valence-electron chi connectivity index (χ3n) is 4.39. The second kappa shape index (κ2) is 6.64. The average molecular weight is 342 g/mol. The zero-order valence-corrected chi connectivity index (χ0v) is 13.6. The number of nitrogens with one attached hydrogen (secondary N) is 4. The molecule has 4 rings (SSSR count). The minimum atomic E-state index is -0.399. The predicted molar refractivity (Wildman–Crippen MR) is 90.4 cm³/mol. The molecule has 0 aliphatic carbocycles. The molecule has 1 aliphatic rings.